The fraction of sp³-hybridized carbons (Fsp3) is 0.692. The lowest BCUT2D eigenvalue weighted by Gasteiger charge is -2.15. The number of carbonyl (C=O) groups is 2. The van der Waals surface area contributed by atoms with E-state index in [-0.39, 0.29) is 5.97 Å². The molecule has 0 aromatic carbocycles. The van der Waals surface area contributed by atoms with Crippen LogP contribution in [-0.4, -0.2) is 24.6 Å². The summed E-state index contributed by atoms with van der Waals surface area (Å²) >= 11 is 0. The van der Waals surface area contributed by atoms with Gasteiger partial charge in [0.25, 0.3) is 0 Å². The normalized spacial score (nSPS) is 23.4. The van der Waals surface area contributed by atoms with Crippen molar-refractivity contribution >= 4 is 11.9 Å². The van der Waals surface area contributed by atoms with Crippen LogP contribution >= 0.6 is 0 Å². The first kappa shape index (κ1) is 12.1. The molecule has 0 fully saturated rings. The van der Waals surface area contributed by atoms with Crippen LogP contribution in [0.1, 0.15) is 45.4 Å². The van der Waals surface area contributed by atoms with Crippen molar-refractivity contribution in [3.05, 3.63) is 11.1 Å². The quantitative estimate of drug-likeness (QED) is 0.556. The molecule has 0 radical (unpaired) electrons. The second-order valence-corrected chi connectivity index (χ2v) is 4.52. The molecule has 2 rings (SSSR count). The van der Waals surface area contributed by atoms with Crippen LogP contribution < -0.4 is 0 Å². The van der Waals surface area contributed by atoms with Crippen molar-refractivity contribution in [2.45, 2.75) is 51.6 Å². The van der Waals surface area contributed by atoms with Gasteiger partial charge < -0.3 is 9.47 Å². The van der Waals surface area contributed by atoms with Gasteiger partial charge in [-0.3, -0.25) is 0 Å². The van der Waals surface area contributed by atoms with Gasteiger partial charge in [-0.2, -0.15) is 0 Å². The smallest absolute Gasteiger partial charge is 0.351 e. The number of esters is 2. The zero-order valence-corrected chi connectivity index (χ0v) is 10.2. The van der Waals surface area contributed by atoms with E-state index in [4.69, 9.17) is 9.47 Å². The van der Waals surface area contributed by atoms with Gasteiger partial charge in [-0.05, 0) is 37.7 Å². The summed E-state index contributed by atoms with van der Waals surface area (Å²) in [5.74, 6) is -0.726. The molecular formula is C13H18O4. The molecule has 94 valence electrons. The van der Waals surface area contributed by atoms with Gasteiger partial charge in [0.15, 0.2) is 0 Å². The zero-order valence-electron chi connectivity index (χ0n) is 10.2. The summed E-state index contributed by atoms with van der Waals surface area (Å²) in [5, 5.41) is 0. The molecule has 1 heterocycles. The summed E-state index contributed by atoms with van der Waals surface area (Å²) < 4.78 is 10.2. The molecule has 0 bridgehead atoms. The van der Waals surface area contributed by atoms with E-state index in [1.54, 1.807) is 0 Å². The van der Waals surface area contributed by atoms with E-state index < -0.39 is 12.1 Å². The maximum atomic E-state index is 11.8. The Morgan fingerprint density at radius 1 is 1.41 bits per heavy atom. The molecule has 4 nitrogen and oxygen atoms in total. The van der Waals surface area contributed by atoms with Crippen molar-refractivity contribution in [2.24, 2.45) is 0 Å². The van der Waals surface area contributed by atoms with Crippen LogP contribution in [0.25, 0.3) is 0 Å². The van der Waals surface area contributed by atoms with Gasteiger partial charge in [0, 0.05) is 5.57 Å². The van der Waals surface area contributed by atoms with E-state index in [0.717, 1.165) is 44.1 Å². The summed E-state index contributed by atoms with van der Waals surface area (Å²) in [7, 11) is 0. The zero-order chi connectivity index (χ0) is 12.3. The first-order valence-electron chi connectivity index (χ1n) is 6.33. The van der Waals surface area contributed by atoms with Crippen molar-refractivity contribution in [3.8, 4) is 0 Å². The Morgan fingerprint density at radius 2 is 2.18 bits per heavy atom. The number of ether oxygens (including phenoxy) is 2. The number of carbonyl (C=O) groups excluding carboxylic acids is 2. The molecule has 0 amide bonds. The minimum atomic E-state index is -0.755. The maximum Gasteiger partial charge on any atom is 0.351 e. The highest BCUT2D eigenvalue weighted by Gasteiger charge is 2.40. The standard InChI is InChI=1S/C13H18O4/c1-2-3-8-16-13(15)11-9-6-4-5-7-10(9)12(14)17-11/h11H,2-8H2,1H3. The number of unbranched alkanes of at least 4 members (excludes halogenated alkanes) is 1. The van der Waals surface area contributed by atoms with Crippen molar-refractivity contribution in [3.63, 3.8) is 0 Å². The lowest BCUT2D eigenvalue weighted by atomic mass is 9.90. The molecule has 1 unspecified atom stereocenters. The van der Waals surface area contributed by atoms with Crippen LogP contribution in [-0.2, 0) is 19.1 Å². The van der Waals surface area contributed by atoms with Gasteiger partial charge in [-0.1, -0.05) is 13.3 Å². The van der Waals surface area contributed by atoms with Crippen LogP contribution in [0, 0.1) is 0 Å². The highest BCUT2D eigenvalue weighted by molar-refractivity contribution is 5.97. The molecule has 2 aliphatic rings. The third-order valence-electron chi connectivity index (χ3n) is 3.25. The molecule has 0 saturated carbocycles. The maximum absolute atomic E-state index is 11.8. The highest BCUT2D eigenvalue weighted by Crippen LogP contribution is 2.34. The Balaban J connectivity index is 2.00. The molecule has 1 aliphatic heterocycles. The SMILES string of the molecule is CCCCOC(=O)C1OC(=O)C2=C1CCCC2. The van der Waals surface area contributed by atoms with Crippen molar-refractivity contribution < 1.29 is 19.1 Å². The second kappa shape index (κ2) is 5.34. The van der Waals surface area contributed by atoms with Crippen LogP contribution in [0.15, 0.2) is 11.1 Å². The Morgan fingerprint density at radius 3 is 2.94 bits per heavy atom. The summed E-state index contributed by atoms with van der Waals surface area (Å²) in [6, 6.07) is 0. The second-order valence-electron chi connectivity index (χ2n) is 4.52. The van der Waals surface area contributed by atoms with E-state index in [1.165, 1.54) is 0 Å². The van der Waals surface area contributed by atoms with E-state index >= 15 is 0 Å². The monoisotopic (exact) mass is 238 g/mol. The van der Waals surface area contributed by atoms with Gasteiger partial charge in [0.1, 0.15) is 0 Å². The predicted molar refractivity (Wildman–Crippen MR) is 61.2 cm³/mol. The van der Waals surface area contributed by atoms with E-state index in [2.05, 4.69) is 0 Å². The van der Waals surface area contributed by atoms with E-state index in [1.807, 2.05) is 6.92 Å². The largest absolute Gasteiger partial charge is 0.463 e. The van der Waals surface area contributed by atoms with Gasteiger partial charge in [0.05, 0.1) is 6.61 Å². The first-order valence-corrected chi connectivity index (χ1v) is 6.33. The van der Waals surface area contributed by atoms with E-state index in [9.17, 15) is 9.59 Å². The van der Waals surface area contributed by atoms with Gasteiger partial charge in [-0.15, -0.1) is 0 Å². The molecular weight excluding hydrogens is 220 g/mol. The van der Waals surface area contributed by atoms with Crippen LogP contribution in [0.2, 0.25) is 0 Å². The Kier molecular flexibility index (Phi) is 3.82. The predicted octanol–water partition coefficient (Wildman–Crippen LogP) is 2.13. The number of rotatable bonds is 4. The third kappa shape index (κ3) is 2.51. The fourth-order valence-electron chi connectivity index (χ4n) is 2.28. The first-order chi connectivity index (χ1) is 8.24. The lowest BCUT2D eigenvalue weighted by molar-refractivity contribution is -0.160. The van der Waals surface area contributed by atoms with Gasteiger partial charge >= 0.3 is 11.9 Å². The lowest BCUT2D eigenvalue weighted by Crippen LogP contribution is -2.26. The minimum Gasteiger partial charge on any atom is -0.463 e. The highest BCUT2D eigenvalue weighted by atomic mass is 16.6. The van der Waals surface area contributed by atoms with Crippen molar-refractivity contribution in [2.75, 3.05) is 6.61 Å². The van der Waals surface area contributed by atoms with Crippen molar-refractivity contribution in [1.82, 2.24) is 0 Å². The average Bonchev–Trinajstić information content (AvgIpc) is 2.68. The van der Waals surface area contributed by atoms with Crippen molar-refractivity contribution in [1.29, 1.82) is 0 Å². The molecule has 0 saturated heterocycles. The molecule has 4 heteroatoms. The van der Waals surface area contributed by atoms with Gasteiger partial charge in [-0.25, -0.2) is 9.59 Å². The number of hydrogen-bond acceptors (Lipinski definition) is 4. The number of hydrogen-bond donors (Lipinski definition) is 0. The summed E-state index contributed by atoms with van der Waals surface area (Å²) in [6.45, 7) is 2.44. The van der Waals surface area contributed by atoms with Crippen LogP contribution in [0.5, 0.6) is 0 Å². The van der Waals surface area contributed by atoms with E-state index in [0.29, 0.717) is 12.2 Å². The molecule has 17 heavy (non-hydrogen) atoms. The summed E-state index contributed by atoms with van der Waals surface area (Å²) in [6.07, 6.45) is 4.63. The molecule has 1 aliphatic carbocycles. The molecule has 0 aromatic rings. The topological polar surface area (TPSA) is 52.6 Å². The molecule has 0 N–H and O–H groups in total. The average molecular weight is 238 g/mol. The Hall–Kier alpha value is -1.32. The summed E-state index contributed by atoms with van der Waals surface area (Å²) in [5.41, 5.74) is 1.58. The van der Waals surface area contributed by atoms with Gasteiger partial charge in [0.2, 0.25) is 6.10 Å². The number of cyclic esters (lactones) is 1. The Bertz CT molecular complexity index is 356. The molecule has 1 atom stereocenters. The third-order valence-corrected chi connectivity index (χ3v) is 3.25. The van der Waals surface area contributed by atoms with Crippen LogP contribution in [0.3, 0.4) is 0 Å². The molecule has 0 spiro atoms. The fourth-order valence-corrected chi connectivity index (χ4v) is 2.28. The molecule has 0 aromatic heterocycles. The summed E-state index contributed by atoms with van der Waals surface area (Å²) in [4.78, 5) is 23.4. The van der Waals surface area contributed by atoms with Crippen LogP contribution in [0.4, 0.5) is 0 Å². The Labute approximate surface area is 101 Å². The minimum absolute atomic E-state index is 0.322.